The van der Waals surface area contributed by atoms with Gasteiger partial charge >= 0.3 is 18.5 Å². The van der Waals surface area contributed by atoms with Crippen LogP contribution in [0.25, 0.3) is 0 Å². The topological polar surface area (TPSA) is 15.3 Å². The molecule has 0 aromatic rings. The predicted octanol–water partition coefficient (Wildman–Crippen LogP) is -0.163. The highest BCUT2D eigenvalue weighted by atomic mass is 28.5. The molecular weight excluding hydrogens is 160 g/mol. The zero-order chi connectivity index (χ0) is 6.36. The highest BCUT2D eigenvalue weighted by molar-refractivity contribution is 6.86. The second kappa shape index (κ2) is 1.53. The quantitative estimate of drug-likeness (QED) is 0.230. The first-order valence-corrected chi connectivity index (χ1v) is 5.02. The number of nitrogens with zero attached hydrogens (tertiary/aromatic N) is 1. The SMILES string of the molecule is FN1[SiH](F)N[Si]1(F)F. The summed E-state index contributed by atoms with van der Waals surface area (Å²) in [6.45, 7) is 0. The Morgan fingerprint density at radius 1 is 1.50 bits per heavy atom. The molecule has 0 radical (unpaired) electrons. The van der Waals surface area contributed by atoms with E-state index in [2.05, 4.69) is 0 Å². The average Bonchev–Trinajstić information content (AvgIpc) is 1.65. The maximum Gasteiger partial charge on any atom is 0.617 e. The summed E-state index contributed by atoms with van der Waals surface area (Å²) in [7, 11) is -8.47. The molecule has 1 saturated heterocycles. The first kappa shape index (κ1) is 6.20. The maximum absolute atomic E-state index is 11.6. The summed E-state index contributed by atoms with van der Waals surface area (Å²) < 4.78 is 46.4. The molecule has 0 spiro atoms. The Kier molecular flexibility index (Phi) is 1.18. The van der Waals surface area contributed by atoms with E-state index in [1.54, 1.807) is 0 Å². The van der Waals surface area contributed by atoms with Gasteiger partial charge in [0.1, 0.15) is 0 Å². The number of halogens is 4. The first-order valence-electron chi connectivity index (χ1n) is 1.79. The van der Waals surface area contributed by atoms with Gasteiger partial charge in [0.05, 0.1) is 0 Å². The molecule has 0 aliphatic carbocycles. The summed E-state index contributed by atoms with van der Waals surface area (Å²) in [6, 6.07) is 0. The van der Waals surface area contributed by atoms with Gasteiger partial charge in [0.25, 0.3) is 0 Å². The molecule has 2 nitrogen and oxygen atoms in total. The number of rotatable bonds is 0. The van der Waals surface area contributed by atoms with Crippen LogP contribution < -0.4 is 4.65 Å². The monoisotopic (exact) mass is 162 g/mol. The van der Waals surface area contributed by atoms with Crippen LogP contribution in [0.3, 0.4) is 0 Å². The van der Waals surface area contributed by atoms with E-state index >= 15 is 0 Å². The fourth-order valence-electron chi connectivity index (χ4n) is 0.338. The standard InChI is InChI=1S/F4H2N2Si2/c1-6-7(2)5-8(6,3)4/h5,7H. The zero-order valence-corrected chi connectivity index (χ0v) is 5.69. The van der Waals surface area contributed by atoms with Crippen molar-refractivity contribution in [2.75, 3.05) is 0 Å². The van der Waals surface area contributed by atoms with Crippen molar-refractivity contribution in [1.29, 1.82) is 0 Å². The molecule has 1 unspecified atom stereocenters. The van der Waals surface area contributed by atoms with E-state index in [-0.39, 0.29) is 0 Å². The smallest absolute Gasteiger partial charge is 0.274 e. The molecule has 1 heterocycles. The van der Waals surface area contributed by atoms with Crippen LogP contribution in [0.2, 0.25) is 0 Å². The molecule has 0 aromatic carbocycles. The van der Waals surface area contributed by atoms with E-state index in [1.165, 1.54) is 4.65 Å². The lowest BCUT2D eigenvalue weighted by Gasteiger charge is -2.32. The maximum atomic E-state index is 11.6. The molecule has 1 atom stereocenters. The highest BCUT2D eigenvalue weighted by Gasteiger charge is 2.63. The predicted molar refractivity (Wildman–Crippen MR) is 22.3 cm³/mol. The molecule has 1 rings (SSSR count). The summed E-state index contributed by atoms with van der Waals surface area (Å²) in [5.74, 6) is 0. The number of hydrogen-bond acceptors (Lipinski definition) is 2. The lowest BCUT2D eigenvalue weighted by molar-refractivity contribution is 0.142. The summed E-state index contributed by atoms with van der Waals surface area (Å²) in [5, 5.41) is 0. The van der Waals surface area contributed by atoms with E-state index in [1.807, 2.05) is 0 Å². The average molecular weight is 162 g/mol. The van der Waals surface area contributed by atoms with Crippen molar-refractivity contribution < 1.29 is 16.8 Å². The Bertz CT molecular complexity index is 104. The molecule has 8 heteroatoms. The normalized spacial score (nSPS) is 36.8. The van der Waals surface area contributed by atoms with Gasteiger partial charge in [-0.2, -0.15) is 0 Å². The van der Waals surface area contributed by atoms with Crippen molar-refractivity contribution >= 4 is 18.5 Å². The summed E-state index contributed by atoms with van der Waals surface area (Å²) in [5.41, 5.74) is 0. The molecule has 1 N–H and O–H groups in total. The second-order valence-electron chi connectivity index (χ2n) is 1.33. The third-order valence-electron chi connectivity index (χ3n) is 0.760. The van der Waals surface area contributed by atoms with Crippen molar-refractivity contribution in [3.63, 3.8) is 0 Å². The largest absolute Gasteiger partial charge is 0.617 e. The van der Waals surface area contributed by atoms with Crippen LogP contribution in [0.5, 0.6) is 0 Å². The molecule has 0 aromatic heterocycles. The molecule has 8 heavy (non-hydrogen) atoms. The summed E-state index contributed by atoms with van der Waals surface area (Å²) >= 11 is 0. The van der Waals surface area contributed by atoms with E-state index in [9.17, 15) is 16.8 Å². The number of hydrogen-bond donors (Lipinski definition) is 1. The van der Waals surface area contributed by atoms with E-state index in [0.29, 0.717) is 0 Å². The van der Waals surface area contributed by atoms with Gasteiger partial charge < -0.3 is 0 Å². The lowest BCUT2D eigenvalue weighted by Crippen LogP contribution is -2.77. The Morgan fingerprint density at radius 3 is 2.00 bits per heavy atom. The van der Waals surface area contributed by atoms with E-state index in [4.69, 9.17) is 0 Å². The van der Waals surface area contributed by atoms with E-state index in [0.717, 1.165) is 0 Å². The molecular formula is H2F4N2Si2. The van der Waals surface area contributed by atoms with Crippen LogP contribution in [-0.4, -0.2) is 23.0 Å². The molecule has 0 bridgehead atoms. The van der Waals surface area contributed by atoms with Crippen LogP contribution in [0, 0.1) is 0 Å². The molecule has 1 aliphatic heterocycles. The highest BCUT2D eigenvalue weighted by Crippen LogP contribution is 2.21. The minimum absolute atomic E-state index is 0.924. The third kappa shape index (κ3) is 0.688. The van der Waals surface area contributed by atoms with Crippen LogP contribution in [0.1, 0.15) is 0 Å². The Balaban J connectivity index is 2.47. The number of nitrogens with one attached hydrogen (secondary N) is 1. The van der Waals surface area contributed by atoms with Gasteiger partial charge in [0, 0.05) is 0 Å². The van der Waals surface area contributed by atoms with Gasteiger partial charge in [0.2, 0.25) is 0 Å². The van der Waals surface area contributed by atoms with Gasteiger partial charge in [-0.25, -0.2) is 8.22 Å². The van der Waals surface area contributed by atoms with Crippen molar-refractivity contribution in [1.82, 2.24) is 9.10 Å². The molecule has 0 saturated carbocycles. The van der Waals surface area contributed by atoms with Gasteiger partial charge in [-0.05, 0) is 0 Å². The summed E-state index contributed by atoms with van der Waals surface area (Å²) in [4.78, 5) is 0. The molecule has 0 amide bonds. The Labute approximate surface area is 45.5 Å². The van der Waals surface area contributed by atoms with Crippen molar-refractivity contribution in [2.24, 2.45) is 0 Å². The van der Waals surface area contributed by atoms with Gasteiger partial charge in [-0.15, -0.1) is 4.48 Å². The Hall–Kier alpha value is 0.0738. The molecule has 1 aliphatic rings. The zero-order valence-electron chi connectivity index (χ0n) is 3.54. The Morgan fingerprint density at radius 2 is 2.00 bits per heavy atom. The first-order chi connectivity index (χ1) is 3.54. The fraction of sp³-hybridized carbons (Fsp3) is 0. The second-order valence-corrected chi connectivity index (χ2v) is 5.64. The van der Waals surface area contributed by atoms with Gasteiger partial charge in [-0.1, -0.05) is 4.45 Å². The van der Waals surface area contributed by atoms with E-state index < -0.39 is 23.0 Å². The lowest BCUT2D eigenvalue weighted by atomic mass is 13.6. The molecule has 48 valence electrons. The van der Waals surface area contributed by atoms with Crippen molar-refractivity contribution in [3.8, 4) is 0 Å². The van der Waals surface area contributed by atoms with Crippen LogP contribution >= 0.6 is 0 Å². The van der Waals surface area contributed by atoms with Crippen molar-refractivity contribution in [2.45, 2.75) is 0 Å². The van der Waals surface area contributed by atoms with Crippen LogP contribution in [-0.2, 0) is 0 Å². The van der Waals surface area contributed by atoms with Crippen molar-refractivity contribution in [3.05, 3.63) is 0 Å². The van der Waals surface area contributed by atoms with Gasteiger partial charge in [0.15, 0.2) is 0 Å². The fourth-order valence-corrected chi connectivity index (χ4v) is 3.04. The minimum atomic E-state index is -5.01. The molecule has 1 fully saturated rings. The summed E-state index contributed by atoms with van der Waals surface area (Å²) in [6.07, 6.45) is 0. The van der Waals surface area contributed by atoms with Crippen LogP contribution in [0.15, 0.2) is 0 Å². The third-order valence-corrected chi connectivity index (χ3v) is 5.69. The van der Waals surface area contributed by atoms with Gasteiger partial charge in [-0.3, -0.25) is 8.76 Å². The van der Waals surface area contributed by atoms with Crippen LogP contribution in [0.4, 0.5) is 16.8 Å². The minimum Gasteiger partial charge on any atom is -0.274 e.